The maximum atomic E-state index is 6.29. The summed E-state index contributed by atoms with van der Waals surface area (Å²) in [5, 5.41) is 1.54. The molecule has 0 fully saturated rings. The Bertz CT molecular complexity index is 764. The Hall–Kier alpha value is -1.45. The number of benzene rings is 1. The Kier molecular flexibility index (Phi) is 3.72. The van der Waals surface area contributed by atoms with Crippen LogP contribution in [0, 0.1) is 6.92 Å². The number of hydrogen-bond acceptors (Lipinski definition) is 3. The van der Waals surface area contributed by atoms with E-state index in [-0.39, 0.29) is 0 Å². The number of nitrogens with zero attached hydrogens (tertiary/aromatic N) is 2. The van der Waals surface area contributed by atoms with Crippen LogP contribution in [0.2, 0.25) is 5.15 Å². The molecule has 0 aliphatic heterocycles. The summed E-state index contributed by atoms with van der Waals surface area (Å²) in [6.45, 7) is 4.23. The van der Waals surface area contributed by atoms with Crippen LogP contribution < -0.4 is 0 Å². The van der Waals surface area contributed by atoms with Crippen molar-refractivity contribution in [3.63, 3.8) is 0 Å². The summed E-state index contributed by atoms with van der Waals surface area (Å²) in [6.07, 6.45) is 1.72. The van der Waals surface area contributed by atoms with Gasteiger partial charge < -0.3 is 0 Å². The molecule has 0 bridgehead atoms. The highest BCUT2D eigenvalue weighted by Crippen LogP contribution is 2.29. The molecule has 0 N–H and O–H groups in total. The molecule has 1 aromatic carbocycles. The van der Waals surface area contributed by atoms with Crippen molar-refractivity contribution in [3.05, 3.63) is 57.3 Å². The third-order valence-electron chi connectivity index (χ3n) is 3.24. The standard InChI is InChI=1S/C16H15ClN2S/c1-3-12-9-13-15(17)18-14(19-16(13)20-12)8-11-6-4-5-10(2)7-11/h4-7,9H,3,8H2,1-2H3. The number of thiophene rings is 1. The molecule has 0 saturated carbocycles. The van der Waals surface area contributed by atoms with Crippen molar-refractivity contribution in [3.8, 4) is 0 Å². The minimum Gasteiger partial charge on any atom is -0.222 e. The van der Waals surface area contributed by atoms with E-state index in [0.717, 1.165) is 28.9 Å². The van der Waals surface area contributed by atoms with Gasteiger partial charge in [-0.25, -0.2) is 9.97 Å². The molecule has 102 valence electrons. The normalized spacial score (nSPS) is 11.2. The summed E-state index contributed by atoms with van der Waals surface area (Å²) < 4.78 is 0. The lowest BCUT2D eigenvalue weighted by atomic mass is 10.1. The topological polar surface area (TPSA) is 25.8 Å². The molecule has 20 heavy (non-hydrogen) atoms. The van der Waals surface area contributed by atoms with Gasteiger partial charge in [0.25, 0.3) is 0 Å². The van der Waals surface area contributed by atoms with Gasteiger partial charge in [0.05, 0.1) is 0 Å². The summed E-state index contributed by atoms with van der Waals surface area (Å²) in [7, 11) is 0. The van der Waals surface area contributed by atoms with Gasteiger partial charge in [-0.2, -0.15) is 0 Å². The zero-order chi connectivity index (χ0) is 14.1. The second-order valence-corrected chi connectivity index (χ2v) is 6.35. The molecule has 2 heterocycles. The minimum atomic E-state index is 0.564. The van der Waals surface area contributed by atoms with Gasteiger partial charge in [-0.3, -0.25) is 0 Å². The van der Waals surface area contributed by atoms with Gasteiger partial charge in [0, 0.05) is 16.7 Å². The van der Waals surface area contributed by atoms with E-state index in [1.807, 2.05) is 0 Å². The van der Waals surface area contributed by atoms with Gasteiger partial charge in [0.2, 0.25) is 0 Å². The highest BCUT2D eigenvalue weighted by atomic mass is 35.5. The molecule has 0 amide bonds. The summed E-state index contributed by atoms with van der Waals surface area (Å²) in [4.78, 5) is 11.4. The zero-order valence-corrected chi connectivity index (χ0v) is 13.1. The SMILES string of the molecule is CCc1cc2c(Cl)nc(Cc3cccc(C)c3)nc2s1. The number of aryl methyl sites for hydroxylation is 2. The summed E-state index contributed by atoms with van der Waals surface area (Å²) in [5.74, 6) is 0.789. The van der Waals surface area contributed by atoms with Crippen LogP contribution in [-0.2, 0) is 12.8 Å². The van der Waals surface area contributed by atoms with Crippen LogP contribution in [0.25, 0.3) is 10.2 Å². The van der Waals surface area contributed by atoms with Crippen LogP contribution in [-0.4, -0.2) is 9.97 Å². The first-order valence-electron chi connectivity index (χ1n) is 6.66. The summed E-state index contributed by atoms with van der Waals surface area (Å²) in [5.41, 5.74) is 2.46. The van der Waals surface area contributed by atoms with E-state index >= 15 is 0 Å². The van der Waals surface area contributed by atoms with Crippen LogP contribution in [0.3, 0.4) is 0 Å². The van der Waals surface area contributed by atoms with Gasteiger partial charge in [-0.05, 0) is 25.0 Å². The van der Waals surface area contributed by atoms with Crippen LogP contribution in [0.4, 0.5) is 0 Å². The van der Waals surface area contributed by atoms with Crippen molar-refractivity contribution in [2.75, 3.05) is 0 Å². The van der Waals surface area contributed by atoms with Gasteiger partial charge in [-0.15, -0.1) is 11.3 Å². The average molecular weight is 303 g/mol. The van der Waals surface area contributed by atoms with Crippen molar-refractivity contribution in [1.29, 1.82) is 0 Å². The van der Waals surface area contributed by atoms with Crippen molar-refractivity contribution in [2.45, 2.75) is 26.7 Å². The molecule has 0 radical (unpaired) electrons. The zero-order valence-electron chi connectivity index (χ0n) is 11.5. The van der Waals surface area contributed by atoms with E-state index in [1.54, 1.807) is 11.3 Å². The molecule has 4 heteroatoms. The first-order chi connectivity index (χ1) is 9.65. The number of rotatable bonds is 3. The fraction of sp³-hybridized carbons (Fsp3) is 0.250. The van der Waals surface area contributed by atoms with E-state index in [2.05, 4.69) is 54.1 Å². The highest BCUT2D eigenvalue weighted by molar-refractivity contribution is 7.18. The number of aromatic nitrogens is 2. The molecule has 0 atom stereocenters. The lowest BCUT2D eigenvalue weighted by molar-refractivity contribution is 0.995. The third kappa shape index (κ3) is 2.69. The molecular weight excluding hydrogens is 288 g/mol. The predicted octanol–water partition coefficient (Wildman–Crippen LogP) is 4.81. The minimum absolute atomic E-state index is 0.564. The Morgan fingerprint density at radius 3 is 2.80 bits per heavy atom. The Morgan fingerprint density at radius 1 is 1.20 bits per heavy atom. The van der Waals surface area contributed by atoms with E-state index in [0.29, 0.717) is 5.15 Å². The van der Waals surface area contributed by atoms with E-state index < -0.39 is 0 Å². The van der Waals surface area contributed by atoms with Crippen molar-refractivity contribution in [1.82, 2.24) is 9.97 Å². The molecule has 3 aromatic rings. The maximum absolute atomic E-state index is 6.29. The predicted molar refractivity (Wildman–Crippen MR) is 85.8 cm³/mol. The molecule has 2 nitrogen and oxygen atoms in total. The molecule has 0 unspecified atom stereocenters. The van der Waals surface area contributed by atoms with Crippen LogP contribution >= 0.6 is 22.9 Å². The van der Waals surface area contributed by atoms with Gasteiger partial charge >= 0.3 is 0 Å². The largest absolute Gasteiger partial charge is 0.222 e. The monoisotopic (exact) mass is 302 g/mol. The molecule has 0 spiro atoms. The van der Waals surface area contributed by atoms with Crippen molar-refractivity contribution >= 4 is 33.2 Å². The molecule has 0 aliphatic rings. The molecule has 3 rings (SSSR count). The van der Waals surface area contributed by atoms with Crippen molar-refractivity contribution < 1.29 is 0 Å². The second kappa shape index (κ2) is 5.51. The van der Waals surface area contributed by atoms with Crippen LogP contribution in [0.5, 0.6) is 0 Å². The molecule has 0 saturated heterocycles. The smallest absolute Gasteiger partial charge is 0.141 e. The lowest BCUT2D eigenvalue weighted by Crippen LogP contribution is -1.97. The van der Waals surface area contributed by atoms with Crippen molar-refractivity contribution in [2.24, 2.45) is 0 Å². The van der Waals surface area contributed by atoms with Crippen LogP contribution in [0.1, 0.15) is 28.8 Å². The quantitative estimate of drug-likeness (QED) is 0.649. The first-order valence-corrected chi connectivity index (χ1v) is 7.85. The Balaban J connectivity index is 1.99. The number of hydrogen-bond donors (Lipinski definition) is 0. The molecule has 2 aromatic heterocycles. The third-order valence-corrected chi connectivity index (χ3v) is 4.70. The number of halogens is 1. The van der Waals surface area contributed by atoms with Gasteiger partial charge in [0.15, 0.2) is 0 Å². The number of fused-ring (bicyclic) bond motifs is 1. The summed E-state index contributed by atoms with van der Waals surface area (Å²) >= 11 is 7.99. The first kappa shape index (κ1) is 13.5. The fourth-order valence-electron chi connectivity index (χ4n) is 2.24. The lowest BCUT2D eigenvalue weighted by Gasteiger charge is -2.03. The maximum Gasteiger partial charge on any atom is 0.141 e. The Labute approximate surface area is 127 Å². The fourth-order valence-corrected chi connectivity index (χ4v) is 3.52. The van der Waals surface area contributed by atoms with Gasteiger partial charge in [-0.1, -0.05) is 48.4 Å². The Morgan fingerprint density at radius 2 is 2.05 bits per heavy atom. The van der Waals surface area contributed by atoms with E-state index in [9.17, 15) is 0 Å². The van der Waals surface area contributed by atoms with E-state index in [4.69, 9.17) is 11.6 Å². The molecule has 0 aliphatic carbocycles. The second-order valence-electron chi connectivity index (χ2n) is 4.88. The summed E-state index contributed by atoms with van der Waals surface area (Å²) in [6, 6.07) is 10.5. The average Bonchev–Trinajstić information content (AvgIpc) is 2.82. The highest BCUT2D eigenvalue weighted by Gasteiger charge is 2.10. The molecular formula is C16H15ClN2S. The van der Waals surface area contributed by atoms with Gasteiger partial charge in [0.1, 0.15) is 15.8 Å². The van der Waals surface area contributed by atoms with Crippen LogP contribution in [0.15, 0.2) is 30.3 Å². The van der Waals surface area contributed by atoms with E-state index in [1.165, 1.54) is 16.0 Å².